The van der Waals surface area contributed by atoms with Crippen molar-refractivity contribution in [3.63, 3.8) is 0 Å². The van der Waals surface area contributed by atoms with Gasteiger partial charge in [0.2, 0.25) is 0 Å². The summed E-state index contributed by atoms with van der Waals surface area (Å²) in [7, 11) is 0. The maximum absolute atomic E-state index is 8.89. The normalized spacial score (nSPS) is 24.6. The van der Waals surface area contributed by atoms with Crippen LogP contribution in [-0.4, -0.2) is 34.6 Å². The van der Waals surface area contributed by atoms with Crippen LogP contribution in [0.4, 0.5) is 5.69 Å². The van der Waals surface area contributed by atoms with Crippen LogP contribution >= 0.6 is 23.4 Å². The number of hydrogen-bond acceptors (Lipinski definition) is 4. The third kappa shape index (κ3) is 3.28. The van der Waals surface area contributed by atoms with Gasteiger partial charge < -0.3 is 15.8 Å². The van der Waals surface area contributed by atoms with Crippen LogP contribution in [-0.2, 0) is 0 Å². The summed E-state index contributed by atoms with van der Waals surface area (Å²) < 4.78 is 0. The van der Waals surface area contributed by atoms with Crippen LogP contribution in [0.3, 0.4) is 0 Å². The van der Waals surface area contributed by atoms with Crippen LogP contribution in [0.1, 0.15) is 19.4 Å². The molecule has 0 saturated carbocycles. The molecular weight excluding hydrogens is 282 g/mol. The molecule has 4 nitrogen and oxygen atoms in total. The van der Waals surface area contributed by atoms with E-state index in [1.54, 1.807) is 12.1 Å². The Balaban J connectivity index is 2.39. The first-order valence-corrected chi connectivity index (χ1v) is 7.51. The summed E-state index contributed by atoms with van der Waals surface area (Å²) in [5.41, 5.74) is 7.40. The van der Waals surface area contributed by atoms with Crippen molar-refractivity contribution in [3.8, 4) is 0 Å². The highest BCUT2D eigenvalue weighted by Gasteiger charge is 2.24. The molecule has 104 valence electrons. The zero-order chi connectivity index (χ0) is 14.0. The fourth-order valence-corrected chi connectivity index (χ4v) is 3.90. The van der Waals surface area contributed by atoms with Gasteiger partial charge >= 0.3 is 0 Å². The van der Waals surface area contributed by atoms with Gasteiger partial charge in [-0.3, -0.25) is 0 Å². The molecule has 1 fully saturated rings. The molecule has 6 heteroatoms. The van der Waals surface area contributed by atoms with Crippen LogP contribution in [0, 0.1) is 0 Å². The Morgan fingerprint density at radius 1 is 1.42 bits per heavy atom. The van der Waals surface area contributed by atoms with Crippen molar-refractivity contribution in [1.82, 2.24) is 0 Å². The van der Waals surface area contributed by atoms with Gasteiger partial charge in [0.1, 0.15) is 0 Å². The maximum atomic E-state index is 8.89. The second-order valence-electron chi connectivity index (χ2n) is 4.81. The van der Waals surface area contributed by atoms with Gasteiger partial charge in [-0.05, 0) is 18.2 Å². The number of anilines is 1. The smallest absolute Gasteiger partial charge is 0.172 e. The Kier molecular flexibility index (Phi) is 4.47. The lowest BCUT2D eigenvalue weighted by Crippen LogP contribution is -2.41. The highest BCUT2D eigenvalue weighted by Crippen LogP contribution is 2.32. The highest BCUT2D eigenvalue weighted by molar-refractivity contribution is 8.00. The summed E-state index contributed by atoms with van der Waals surface area (Å²) in [4.78, 5) is 2.26. The largest absolute Gasteiger partial charge is 0.409 e. The summed E-state index contributed by atoms with van der Waals surface area (Å²) >= 11 is 8.06. The molecule has 0 radical (unpaired) electrons. The Morgan fingerprint density at radius 2 is 2.05 bits per heavy atom. The van der Waals surface area contributed by atoms with Gasteiger partial charge in [0.05, 0.1) is 0 Å². The molecule has 2 atom stereocenters. The molecule has 1 aromatic carbocycles. The summed E-state index contributed by atoms with van der Waals surface area (Å²) in [6, 6.07) is 5.43. The Hall–Kier alpha value is -1.07. The van der Waals surface area contributed by atoms with E-state index in [1.165, 1.54) is 0 Å². The lowest BCUT2D eigenvalue weighted by Gasteiger charge is -2.37. The van der Waals surface area contributed by atoms with E-state index < -0.39 is 0 Å². The molecule has 0 bridgehead atoms. The second kappa shape index (κ2) is 5.92. The molecular formula is C13H18ClN3OS. The standard InChI is InChI=1S/C13H18ClN3OS/c1-8-6-17(7-9(2)19-8)12-5-10(14)3-4-11(12)13(15)16-18/h3-5,8-9,18H,6-7H2,1-2H3,(H2,15,16). The lowest BCUT2D eigenvalue weighted by molar-refractivity contribution is 0.318. The fourth-order valence-electron chi connectivity index (χ4n) is 2.41. The minimum absolute atomic E-state index is 0.116. The van der Waals surface area contributed by atoms with E-state index in [2.05, 4.69) is 23.9 Å². The number of halogens is 1. The molecule has 1 saturated heterocycles. The quantitative estimate of drug-likeness (QED) is 0.381. The number of benzene rings is 1. The van der Waals surface area contributed by atoms with Gasteiger partial charge in [0, 0.05) is 39.9 Å². The average molecular weight is 300 g/mol. The Labute approximate surface area is 122 Å². The highest BCUT2D eigenvalue weighted by atomic mass is 35.5. The van der Waals surface area contributed by atoms with Crippen LogP contribution < -0.4 is 10.6 Å². The zero-order valence-corrected chi connectivity index (χ0v) is 12.6. The number of amidine groups is 1. The SMILES string of the molecule is CC1CN(c2cc(Cl)ccc2C(N)=NO)CC(C)S1. The minimum Gasteiger partial charge on any atom is -0.409 e. The predicted octanol–water partition coefficient (Wildman–Crippen LogP) is 2.76. The summed E-state index contributed by atoms with van der Waals surface area (Å²) in [5, 5.41) is 13.7. The number of nitrogens with two attached hydrogens (primary N) is 1. The van der Waals surface area contributed by atoms with Gasteiger partial charge in [-0.1, -0.05) is 30.6 Å². The average Bonchev–Trinajstić information content (AvgIpc) is 2.36. The number of nitrogens with zero attached hydrogens (tertiary/aromatic N) is 2. The van der Waals surface area contributed by atoms with Crippen molar-refractivity contribution in [3.05, 3.63) is 28.8 Å². The van der Waals surface area contributed by atoms with Crippen molar-refractivity contribution < 1.29 is 5.21 Å². The molecule has 19 heavy (non-hydrogen) atoms. The number of rotatable bonds is 2. The van der Waals surface area contributed by atoms with Crippen LogP contribution in [0.15, 0.2) is 23.4 Å². The van der Waals surface area contributed by atoms with E-state index in [1.807, 2.05) is 17.8 Å². The third-order valence-electron chi connectivity index (χ3n) is 3.10. The summed E-state index contributed by atoms with van der Waals surface area (Å²) in [6.45, 7) is 6.28. The van der Waals surface area contributed by atoms with E-state index >= 15 is 0 Å². The summed E-state index contributed by atoms with van der Waals surface area (Å²) in [5.74, 6) is 0.116. The van der Waals surface area contributed by atoms with Gasteiger partial charge in [-0.2, -0.15) is 11.8 Å². The van der Waals surface area contributed by atoms with Crippen LogP contribution in [0.25, 0.3) is 0 Å². The van der Waals surface area contributed by atoms with E-state index in [-0.39, 0.29) is 5.84 Å². The molecule has 1 aliphatic heterocycles. The predicted molar refractivity (Wildman–Crippen MR) is 82.7 cm³/mol. The Morgan fingerprint density at radius 3 is 2.63 bits per heavy atom. The lowest BCUT2D eigenvalue weighted by atomic mass is 10.1. The molecule has 3 N–H and O–H groups in total. The molecule has 0 amide bonds. The van der Waals surface area contributed by atoms with Crippen molar-refractivity contribution in [2.24, 2.45) is 10.9 Å². The van der Waals surface area contributed by atoms with Crippen molar-refractivity contribution in [2.75, 3.05) is 18.0 Å². The topological polar surface area (TPSA) is 61.8 Å². The summed E-state index contributed by atoms with van der Waals surface area (Å²) in [6.07, 6.45) is 0. The first-order valence-electron chi connectivity index (χ1n) is 6.19. The molecule has 0 spiro atoms. The van der Waals surface area contributed by atoms with E-state index in [9.17, 15) is 0 Å². The number of thioether (sulfide) groups is 1. The van der Waals surface area contributed by atoms with Crippen molar-refractivity contribution in [1.29, 1.82) is 0 Å². The monoisotopic (exact) mass is 299 g/mol. The fraction of sp³-hybridized carbons (Fsp3) is 0.462. The van der Waals surface area contributed by atoms with Crippen LogP contribution in [0.2, 0.25) is 5.02 Å². The molecule has 1 aliphatic rings. The molecule has 1 heterocycles. The third-order valence-corrected chi connectivity index (χ3v) is 4.57. The molecule has 0 aromatic heterocycles. The molecule has 2 unspecified atom stereocenters. The van der Waals surface area contributed by atoms with Crippen LogP contribution in [0.5, 0.6) is 0 Å². The Bertz CT molecular complexity index is 485. The van der Waals surface area contributed by atoms with Gasteiger partial charge in [0.15, 0.2) is 5.84 Å². The molecule has 0 aliphatic carbocycles. The zero-order valence-electron chi connectivity index (χ0n) is 11.0. The number of oxime groups is 1. The second-order valence-corrected chi connectivity index (χ2v) is 7.13. The minimum atomic E-state index is 0.116. The first-order chi connectivity index (χ1) is 9.01. The van der Waals surface area contributed by atoms with Gasteiger partial charge in [-0.15, -0.1) is 0 Å². The van der Waals surface area contributed by atoms with Crippen molar-refractivity contribution in [2.45, 2.75) is 24.3 Å². The number of hydrogen-bond donors (Lipinski definition) is 2. The van der Waals surface area contributed by atoms with Crippen molar-refractivity contribution >= 4 is 34.9 Å². The van der Waals surface area contributed by atoms with Gasteiger partial charge in [0.25, 0.3) is 0 Å². The van der Waals surface area contributed by atoms with E-state index in [0.29, 0.717) is 15.5 Å². The van der Waals surface area contributed by atoms with E-state index in [0.717, 1.165) is 24.3 Å². The molecule has 1 aromatic rings. The first kappa shape index (κ1) is 14.3. The van der Waals surface area contributed by atoms with Gasteiger partial charge in [-0.25, -0.2) is 0 Å². The van der Waals surface area contributed by atoms with E-state index in [4.69, 9.17) is 22.5 Å². The maximum Gasteiger partial charge on any atom is 0.172 e. The molecule has 2 rings (SSSR count).